The van der Waals surface area contributed by atoms with Gasteiger partial charge < -0.3 is 15.2 Å². The number of aliphatic hydroxyl groups is 1. The summed E-state index contributed by atoms with van der Waals surface area (Å²) in [6.45, 7) is 0.466. The highest BCUT2D eigenvalue weighted by Crippen LogP contribution is 2.25. The van der Waals surface area contributed by atoms with Crippen molar-refractivity contribution in [2.24, 2.45) is 5.92 Å². The SMILES string of the molecule is O=C(NCc1ccc(Oc2ccccc2)cc1)C1CCCC1O. The number of nitrogens with one attached hydrogen (secondary N) is 1. The smallest absolute Gasteiger partial charge is 0.225 e. The Morgan fingerprint density at radius 3 is 2.39 bits per heavy atom. The quantitative estimate of drug-likeness (QED) is 0.891. The minimum absolute atomic E-state index is 0.0559. The van der Waals surface area contributed by atoms with Crippen molar-refractivity contribution in [1.82, 2.24) is 5.32 Å². The maximum atomic E-state index is 12.0. The number of amides is 1. The van der Waals surface area contributed by atoms with Crippen LogP contribution in [-0.4, -0.2) is 17.1 Å². The molecule has 4 nitrogen and oxygen atoms in total. The van der Waals surface area contributed by atoms with Crippen LogP contribution in [-0.2, 0) is 11.3 Å². The standard InChI is InChI=1S/C19H21NO3/c21-18-8-4-7-17(18)19(22)20-13-14-9-11-16(12-10-14)23-15-5-2-1-3-6-15/h1-3,5-6,9-12,17-18,21H,4,7-8,13H2,(H,20,22). The van der Waals surface area contributed by atoms with E-state index in [4.69, 9.17) is 4.74 Å². The molecule has 120 valence electrons. The highest BCUT2D eigenvalue weighted by Gasteiger charge is 2.31. The van der Waals surface area contributed by atoms with Crippen molar-refractivity contribution in [3.8, 4) is 11.5 Å². The van der Waals surface area contributed by atoms with Gasteiger partial charge in [-0.15, -0.1) is 0 Å². The van der Waals surface area contributed by atoms with Crippen LogP contribution in [0.4, 0.5) is 0 Å². The molecule has 1 amide bonds. The minimum Gasteiger partial charge on any atom is -0.457 e. The second-order valence-electron chi connectivity index (χ2n) is 5.88. The molecule has 3 rings (SSSR count). The lowest BCUT2D eigenvalue weighted by Gasteiger charge is -2.14. The first-order valence-corrected chi connectivity index (χ1v) is 8.00. The molecule has 2 aromatic carbocycles. The first kappa shape index (κ1) is 15.6. The third-order valence-electron chi connectivity index (χ3n) is 4.19. The monoisotopic (exact) mass is 311 g/mol. The largest absolute Gasteiger partial charge is 0.457 e. The predicted molar refractivity (Wildman–Crippen MR) is 88.2 cm³/mol. The Morgan fingerprint density at radius 2 is 1.74 bits per heavy atom. The van der Waals surface area contributed by atoms with E-state index in [1.165, 1.54) is 0 Å². The summed E-state index contributed by atoms with van der Waals surface area (Å²) >= 11 is 0. The van der Waals surface area contributed by atoms with Gasteiger partial charge in [0.1, 0.15) is 11.5 Å². The molecule has 4 heteroatoms. The lowest BCUT2D eigenvalue weighted by molar-refractivity contribution is -0.127. The van der Waals surface area contributed by atoms with Crippen LogP contribution < -0.4 is 10.1 Å². The number of carbonyl (C=O) groups is 1. The van der Waals surface area contributed by atoms with Gasteiger partial charge in [0.2, 0.25) is 5.91 Å². The van der Waals surface area contributed by atoms with Gasteiger partial charge in [-0.1, -0.05) is 30.3 Å². The van der Waals surface area contributed by atoms with Crippen LogP contribution in [0.1, 0.15) is 24.8 Å². The molecule has 0 heterocycles. The molecule has 0 saturated heterocycles. The number of hydrogen-bond donors (Lipinski definition) is 2. The molecule has 0 aliphatic heterocycles. The van der Waals surface area contributed by atoms with Crippen molar-refractivity contribution in [3.05, 3.63) is 60.2 Å². The summed E-state index contributed by atoms with van der Waals surface area (Å²) in [6.07, 6.45) is 1.93. The molecule has 0 spiro atoms. The third kappa shape index (κ3) is 4.11. The molecule has 0 aromatic heterocycles. The van der Waals surface area contributed by atoms with Crippen LogP contribution >= 0.6 is 0 Å². The summed E-state index contributed by atoms with van der Waals surface area (Å²) in [7, 11) is 0. The number of ether oxygens (including phenoxy) is 1. The molecule has 0 radical (unpaired) electrons. The zero-order chi connectivity index (χ0) is 16.1. The van der Waals surface area contributed by atoms with Gasteiger partial charge in [-0.3, -0.25) is 4.79 Å². The Morgan fingerprint density at radius 1 is 1.04 bits per heavy atom. The predicted octanol–water partition coefficient (Wildman–Crippen LogP) is 3.26. The fourth-order valence-electron chi connectivity index (χ4n) is 2.87. The van der Waals surface area contributed by atoms with Crippen LogP contribution in [0.15, 0.2) is 54.6 Å². The molecule has 2 atom stereocenters. The summed E-state index contributed by atoms with van der Waals surface area (Å²) in [5.74, 6) is 1.25. The average molecular weight is 311 g/mol. The second-order valence-corrected chi connectivity index (χ2v) is 5.88. The van der Waals surface area contributed by atoms with E-state index < -0.39 is 6.10 Å². The summed E-state index contributed by atoms with van der Waals surface area (Å²) in [6, 6.07) is 17.3. The van der Waals surface area contributed by atoms with Gasteiger partial charge in [0.15, 0.2) is 0 Å². The van der Waals surface area contributed by atoms with E-state index in [-0.39, 0.29) is 11.8 Å². The molecule has 2 N–H and O–H groups in total. The van der Waals surface area contributed by atoms with Crippen LogP contribution in [0.3, 0.4) is 0 Å². The van der Waals surface area contributed by atoms with E-state index in [9.17, 15) is 9.90 Å². The summed E-state index contributed by atoms with van der Waals surface area (Å²) < 4.78 is 5.73. The Labute approximate surface area is 136 Å². The average Bonchev–Trinajstić information content (AvgIpc) is 3.01. The van der Waals surface area contributed by atoms with Gasteiger partial charge in [0.25, 0.3) is 0 Å². The van der Waals surface area contributed by atoms with Crippen LogP contribution in [0, 0.1) is 5.92 Å². The number of carbonyl (C=O) groups excluding carboxylic acids is 1. The van der Waals surface area contributed by atoms with Crippen LogP contribution in [0.2, 0.25) is 0 Å². The van der Waals surface area contributed by atoms with Crippen molar-refractivity contribution < 1.29 is 14.6 Å². The Kier molecular flexibility index (Phi) is 4.93. The molecule has 1 aliphatic rings. The highest BCUT2D eigenvalue weighted by molar-refractivity contribution is 5.79. The van der Waals surface area contributed by atoms with Gasteiger partial charge in [0, 0.05) is 6.54 Å². The van der Waals surface area contributed by atoms with E-state index in [1.807, 2.05) is 54.6 Å². The Hall–Kier alpha value is -2.33. The summed E-state index contributed by atoms with van der Waals surface area (Å²) in [5, 5.41) is 12.7. The van der Waals surface area contributed by atoms with Gasteiger partial charge in [-0.05, 0) is 49.1 Å². The molecule has 23 heavy (non-hydrogen) atoms. The Bertz CT molecular complexity index is 639. The van der Waals surface area contributed by atoms with Crippen molar-refractivity contribution in [2.45, 2.75) is 31.9 Å². The second kappa shape index (κ2) is 7.29. The van der Waals surface area contributed by atoms with Crippen molar-refractivity contribution in [1.29, 1.82) is 0 Å². The number of rotatable bonds is 5. The van der Waals surface area contributed by atoms with Gasteiger partial charge in [0.05, 0.1) is 12.0 Å². The molecule has 1 fully saturated rings. The maximum absolute atomic E-state index is 12.0. The number of aliphatic hydroxyl groups excluding tert-OH is 1. The van der Waals surface area contributed by atoms with Crippen LogP contribution in [0.5, 0.6) is 11.5 Å². The van der Waals surface area contributed by atoms with Gasteiger partial charge in [-0.25, -0.2) is 0 Å². The summed E-state index contributed by atoms with van der Waals surface area (Å²) in [4.78, 5) is 12.0. The fraction of sp³-hybridized carbons (Fsp3) is 0.316. The molecule has 0 bridgehead atoms. The maximum Gasteiger partial charge on any atom is 0.225 e. The normalized spacial score (nSPS) is 20.2. The van der Waals surface area contributed by atoms with E-state index in [2.05, 4.69) is 5.32 Å². The minimum atomic E-state index is -0.489. The molecule has 1 aliphatic carbocycles. The lowest BCUT2D eigenvalue weighted by atomic mass is 10.1. The number of hydrogen-bond acceptors (Lipinski definition) is 3. The molecule has 2 unspecified atom stereocenters. The van der Waals surface area contributed by atoms with Gasteiger partial charge >= 0.3 is 0 Å². The fourth-order valence-corrected chi connectivity index (χ4v) is 2.87. The third-order valence-corrected chi connectivity index (χ3v) is 4.19. The van der Waals surface area contributed by atoms with E-state index in [0.29, 0.717) is 6.54 Å². The zero-order valence-electron chi connectivity index (χ0n) is 12.9. The summed E-state index contributed by atoms with van der Waals surface area (Å²) in [5.41, 5.74) is 1.01. The van der Waals surface area contributed by atoms with Crippen molar-refractivity contribution in [3.63, 3.8) is 0 Å². The highest BCUT2D eigenvalue weighted by atomic mass is 16.5. The van der Waals surface area contributed by atoms with E-state index >= 15 is 0 Å². The topological polar surface area (TPSA) is 58.6 Å². The lowest BCUT2D eigenvalue weighted by Crippen LogP contribution is -2.34. The number of benzene rings is 2. The molecular weight excluding hydrogens is 290 g/mol. The van der Waals surface area contributed by atoms with Gasteiger partial charge in [-0.2, -0.15) is 0 Å². The van der Waals surface area contributed by atoms with E-state index in [1.54, 1.807) is 0 Å². The molecule has 2 aromatic rings. The first-order chi connectivity index (χ1) is 11.2. The molecule has 1 saturated carbocycles. The van der Waals surface area contributed by atoms with E-state index in [0.717, 1.165) is 36.3 Å². The van der Waals surface area contributed by atoms with Crippen molar-refractivity contribution in [2.75, 3.05) is 0 Å². The first-order valence-electron chi connectivity index (χ1n) is 8.00. The van der Waals surface area contributed by atoms with Crippen LogP contribution in [0.25, 0.3) is 0 Å². The molecular formula is C19H21NO3. The zero-order valence-corrected chi connectivity index (χ0v) is 12.9. The Balaban J connectivity index is 1.52. The number of para-hydroxylation sites is 1. The van der Waals surface area contributed by atoms with Crippen molar-refractivity contribution >= 4 is 5.91 Å².